The van der Waals surface area contributed by atoms with Gasteiger partial charge in [0.1, 0.15) is 16.4 Å². The fourth-order valence-corrected chi connectivity index (χ4v) is 4.45. The van der Waals surface area contributed by atoms with Gasteiger partial charge < -0.3 is 21.2 Å². The molecular weight excluding hydrogens is 466 g/mol. The number of amides is 3. The third-order valence-corrected chi connectivity index (χ3v) is 6.42. The van der Waals surface area contributed by atoms with Crippen LogP contribution in [-0.2, 0) is 11.2 Å². The number of rotatable bonds is 10. The molecule has 0 aliphatic rings. The van der Waals surface area contributed by atoms with E-state index >= 15 is 0 Å². The Morgan fingerprint density at radius 2 is 1.89 bits per heavy atom. The van der Waals surface area contributed by atoms with Crippen LogP contribution in [0.25, 0.3) is 0 Å². The number of nitrogen functional groups attached to an aromatic ring is 1. The topological polar surface area (TPSA) is 145 Å². The van der Waals surface area contributed by atoms with Gasteiger partial charge in [-0.25, -0.2) is 0 Å². The summed E-state index contributed by atoms with van der Waals surface area (Å²) in [5.41, 5.74) is 12.6. The van der Waals surface area contributed by atoms with Gasteiger partial charge in [-0.3, -0.25) is 19.3 Å². The van der Waals surface area contributed by atoms with Gasteiger partial charge >= 0.3 is 0 Å². The first-order valence-corrected chi connectivity index (χ1v) is 12.2. The van der Waals surface area contributed by atoms with Crippen LogP contribution in [0, 0.1) is 12.8 Å². The summed E-state index contributed by atoms with van der Waals surface area (Å²) in [4.78, 5) is 40.7. The van der Waals surface area contributed by atoms with Gasteiger partial charge in [-0.2, -0.15) is 4.37 Å². The number of aryl methyl sites for hydroxylation is 2. The largest absolute Gasteiger partial charge is 0.464 e. The third kappa shape index (κ3) is 5.71. The Bertz CT molecular complexity index is 1220. The first-order chi connectivity index (χ1) is 16.6. The molecule has 0 saturated carbocycles. The lowest BCUT2D eigenvalue weighted by atomic mass is 10.0. The zero-order chi connectivity index (χ0) is 25.7. The number of anilines is 2. The Labute approximate surface area is 208 Å². The predicted molar refractivity (Wildman–Crippen MR) is 136 cm³/mol. The van der Waals surface area contributed by atoms with E-state index in [1.54, 1.807) is 31.2 Å². The molecule has 3 rings (SSSR count). The molecule has 2 heterocycles. The number of hydrogen-bond acceptors (Lipinski definition) is 7. The smallest absolute Gasteiger partial charge is 0.273 e. The molecule has 0 fully saturated rings. The highest BCUT2D eigenvalue weighted by Crippen LogP contribution is 2.35. The number of carbonyl (C=O) groups excluding carboxylic acids is 3. The van der Waals surface area contributed by atoms with Crippen molar-refractivity contribution in [2.75, 3.05) is 17.2 Å². The molecule has 10 heteroatoms. The maximum absolute atomic E-state index is 14.0. The van der Waals surface area contributed by atoms with Crippen molar-refractivity contribution in [3.8, 4) is 0 Å². The molecule has 0 bridgehead atoms. The van der Waals surface area contributed by atoms with Gasteiger partial charge in [0.15, 0.2) is 11.7 Å². The maximum atomic E-state index is 14.0. The molecule has 0 spiro atoms. The zero-order valence-electron chi connectivity index (χ0n) is 20.3. The second kappa shape index (κ2) is 11.2. The summed E-state index contributed by atoms with van der Waals surface area (Å²) >= 11 is 0.771. The molecule has 186 valence electrons. The Kier molecular flexibility index (Phi) is 8.29. The minimum atomic E-state index is -1.12. The maximum Gasteiger partial charge on any atom is 0.273 e. The first-order valence-electron chi connectivity index (χ1n) is 11.5. The van der Waals surface area contributed by atoms with Crippen LogP contribution < -0.4 is 21.7 Å². The SMILES string of the molecule is CCc1ccccc1N(C(=O)c1snc(C(N)=O)c1N)C(C(=O)NCCC(C)C)c1ccc(C)o1. The minimum Gasteiger partial charge on any atom is -0.464 e. The van der Waals surface area contributed by atoms with Crippen LogP contribution in [0.15, 0.2) is 40.8 Å². The number of nitrogens with zero attached hydrogens (tertiary/aromatic N) is 2. The highest BCUT2D eigenvalue weighted by molar-refractivity contribution is 7.09. The van der Waals surface area contributed by atoms with Crippen molar-refractivity contribution >= 4 is 40.6 Å². The molecular formula is C25H31N5O4S. The van der Waals surface area contributed by atoms with Crippen LogP contribution in [0.1, 0.15) is 70.5 Å². The van der Waals surface area contributed by atoms with Crippen LogP contribution in [-0.4, -0.2) is 28.6 Å². The van der Waals surface area contributed by atoms with Crippen molar-refractivity contribution in [2.24, 2.45) is 11.7 Å². The fourth-order valence-electron chi connectivity index (χ4n) is 3.70. The van der Waals surface area contributed by atoms with Gasteiger partial charge in [-0.1, -0.05) is 39.0 Å². The third-order valence-electron chi connectivity index (χ3n) is 5.56. The van der Waals surface area contributed by atoms with E-state index in [0.717, 1.165) is 23.5 Å². The Morgan fingerprint density at radius 1 is 1.17 bits per heavy atom. The zero-order valence-corrected chi connectivity index (χ0v) is 21.1. The summed E-state index contributed by atoms with van der Waals surface area (Å²) in [6.45, 7) is 8.30. The number of nitrogens with two attached hydrogens (primary N) is 2. The van der Waals surface area contributed by atoms with Gasteiger partial charge in [-0.15, -0.1) is 0 Å². The quantitative estimate of drug-likeness (QED) is 0.388. The Balaban J connectivity index is 2.18. The average Bonchev–Trinajstić information content (AvgIpc) is 3.41. The monoisotopic (exact) mass is 497 g/mol. The van der Waals surface area contributed by atoms with Crippen molar-refractivity contribution in [1.29, 1.82) is 0 Å². The van der Waals surface area contributed by atoms with Crippen molar-refractivity contribution in [3.05, 3.63) is 64.1 Å². The van der Waals surface area contributed by atoms with E-state index < -0.39 is 23.8 Å². The van der Waals surface area contributed by atoms with E-state index in [1.165, 1.54) is 4.90 Å². The second-order valence-corrected chi connectivity index (χ2v) is 9.39. The highest BCUT2D eigenvalue weighted by atomic mass is 32.1. The van der Waals surface area contributed by atoms with Crippen LogP contribution in [0.4, 0.5) is 11.4 Å². The molecule has 5 N–H and O–H groups in total. The van der Waals surface area contributed by atoms with Crippen LogP contribution >= 0.6 is 11.5 Å². The summed E-state index contributed by atoms with van der Waals surface area (Å²) in [6.07, 6.45) is 1.39. The summed E-state index contributed by atoms with van der Waals surface area (Å²) in [5, 5.41) is 2.94. The van der Waals surface area contributed by atoms with Gasteiger partial charge in [0.25, 0.3) is 17.7 Å². The van der Waals surface area contributed by atoms with Gasteiger partial charge in [0.05, 0.1) is 5.69 Å². The highest BCUT2D eigenvalue weighted by Gasteiger charge is 2.38. The van der Waals surface area contributed by atoms with E-state index in [0.29, 0.717) is 36.1 Å². The van der Waals surface area contributed by atoms with Crippen molar-refractivity contribution < 1.29 is 18.8 Å². The van der Waals surface area contributed by atoms with Crippen LogP contribution in [0.3, 0.4) is 0 Å². The van der Waals surface area contributed by atoms with Crippen molar-refractivity contribution in [3.63, 3.8) is 0 Å². The average molecular weight is 498 g/mol. The fraction of sp³-hybridized carbons (Fsp3) is 0.360. The van der Waals surface area contributed by atoms with Gasteiger partial charge in [0, 0.05) is 12.2 Å². The molecule has 0 saturated heterocycles. The standard InChI is InChI=1S/C25H31N5O4S/c1-5-16-8-6-7-9-17(16)30(25(33)22-19(26)20(23(27)31)29-35-22)21(18-11-10-15(4)34-18)24(32)28-13-12-14(2)3/h6-11,14,21H,5,12-13,26H2,1-4H3,(H2,27,31)(H,28,32). The molecule has 3 amide bonds. The normalized spacial score (nSPS) is 11.9. The predicted octanol–water partition coefficient (Wildman–Crippen LogP) is 3.84. The molecule has 3 aromatic rings. The van der Waals surface area contributed by atoms with E-state index in [-0.39, 0.29) is 16.3 Å². The number of benzene rings is 1. The lowest BCUT2D eigenvalue weighted by Gasteiger charge is -2.31. The molecule has 9 nitrogen and oxygen atoms in total. The number of hydrogen-bond donors (Lipinski definition) is 3. The number of primary amides is 1. The van der Waals surface area contributed by atoms with E-state index in [1.807, 2.05) is 19.1 Å². The van der Waals surface area contributed by atoms with E-state index in [9.17, 15) is 14.4 Å². The molecule has 1 aromatic carbocycles. The lowest BCUT2D eigenvalue weighted by molar-refractivity contribution is -0.122. The minimum absolute atomic E-state index is 0.0213. The number of furan rings is 1. The Morgan fingerprint density at radius 3 is 2.46 bits per heavy atom. The number of para-hydroxylation sites is 1. The molecule has 0 radical (unpaired) electrons. The number of carbonyl (C=O) groups is 3. The molecule has 1 atom stereocenters. The number of nitrogens with one attached hydrogen (secondary N) is 1. The van der Waals surface area contributed by atoms with Crippen LogP contribution in [0.5, 0.6) is 0 Å². The molecule has 0 aliphatic heterocycles. The Hall–Kier alpha value is -3.66. The molecule has 35 heavy (non-hydrogen) atoms. The molecule has 2 aromatic heterocycles. The first kappa shape index (κ1) is 26.0. The lowest BCUT2D eigenvalue weighted by Crippen LogP contribution is -2.44. The van der Waals surface area contributed by atoms with E-state index in [2.05, 4.69) is 23.5 Å². The summed E-state index contributed by atoms with van der Waals surface area (Å²) in [6, 6.07) is 9.63. The number of aromatic nitrogens is 1. The summed E-state index contributed by atoms with van der Waals surface area (Å²) < 4.78 is 9.83. The van der Waals surface area contributed by atoms with Crippen molar-refractivity contribution in [1.82, 2.24) is 9.69 Å². The molecule has 0 aliphatic carbocycles. The van der Waals surface area contributed by atoms with Crippen LogP contribution in [0.2, 0.25) is 0 Å². The van der Waals surface area contributed by atoms with Crippen molar-refractivity contribution in [2.45, 2.75) is 46.6 Å². The molecule has 1 unspecified atom stereocenters. The van der Waals surface area contributed by atoms with Gasteiger partial charge in [0.2, 0.25) is 0 Å². The second-order valence-electron chi connectivity index (χ2n) is 8.62. The summed E-state index contributed by atoms with van der Waals surface area (Å²) in [5.74, 6) is -0.499. The van der Waals surface area contributed by atoms with Gasteiger partial charge in [-0.05, 0) is 61.0 Å². The summed E-state index contributed by atoms with van der Waals surface area (Å²) in [7, 11) is 0. The van der Waals surface area contributed by atoms with E-state index in [4.69, 9.17) is 15.9 Å².